The largest absolute Gasteiger partial charge is 0.416 e. The molecule has 3 aromatic heterocycles. The maximum absolute atomic E-state index is 12.7. The van der Waals surface area contributed by atoms with Gasteiger partial charge in [0.05, 0.1) is 11.8 Å². The van der Waals surface area contributed by atoms with Gasteiger partial charge in [-0.1, -0.05) is 5.21 Å². The van der Waals surface area contributed by atoms with Crippen molar-refractivity contribution in [1.29, 1.82) is 0 Å². The number of rotatable bonds is 3. The third kappa shape index (κ3) is 2.95. The van der Waals surface area contributed by atoms with E-state index < -0.39 is 11.7 Å². The van der Waals surface area contributed by atoms with E-state index in [0.29, 0.717) is 17.3 Å². The highest BCUT2D eigenvalue weighted by Crippen LogP contribution is 2.29. The van der Waals surface area contributed by atoms with Crippen molar-refractivity contribution in [1.82, 2.24) is 35.2 Å². The Morgan fingerprint density at radius 2 is 2.14 bits per heavy atom. The first kappa shape index (κ1) is 14.2. The summed E-state index contributed by atoms with van der Waals surface area (Å²) in [5.41, 5.74) is -0.0233. The maximum atomic E-state index is 12.7. The molecule has 0 amide bonds. The standard InChI is InChI=1S/C12H10F3N7/c1-22-6-9(18-21-22)11-17-10(19-20-11)5-8-4-7(2-3-16-8)12(13,14)15/h2-4,6H,5H2,1H3,(H,17,19,20). The lowest BCUT2D eigenvalue weighted by Gasteiger charge is -2.07. The van der Waals surface area contributed by atoms with Crippen LogP contribution in [0.15, 0.2) is 24.5 Å². The number of aromatic amines is 1. The maximum Gasteiger partial charge on any atom is 0.416 e. The first-order valence-electron chi connectivity index (χ1n) is 6.22. The van der Waals surface area contributed by atoms with Crippen molar-refractivity contribution in [2.75, 3.05) is 0 Å². The average molecular weight is 309 g/mol. The molecule has 0 aliphatic carbocycles. The molecule has 3 heterocycles. The minimum absolute atomic E-state index is 0.108. The first-order valence-corrected chi connectivity index (χ1v) is 6.22. The minimum Gasteiger partial charge on any atom is -0.262 e. The molecule has 0 aliphatic heterocycles. The molecule has 0 spiro atoms. The number of alkyl halides is 3. The molecule has 0 aromatic carbocycles. The van der Waals surface area contributed by atoms with Gasteiger partial charge in [-0.3, -0.25) is 14.8 Å². The van der Waals surface area contributed by atoms with Crippen molar-refractivity contribution in [2.45, 2.75) is 12.6 Å². The number of halogens is 3. The highest BCUT2D eigenvalue weighted by molar-refractivity contribution is 5.45. The molecule has 114 valence electrons. The van der Waals surface area contributed by atoms with Crippen molar-refractivity contribution in [3.63, 3.8) is 0 Å². The Labute approximate surface area is 122 Å². The van der Waals surface area contributed by atoms with Crippen LogP contribution in [0.2, 0.25) is 0 Å². The molecule has 0 aliphatic rings. The number of nitrogens with zero attached hydrogens (tertiary/aromatic N) is 6. The zero-order chi connectivity index (χ0) is 15.7. The van der Waals surface area contributed by atoms with Gasteiger partial charge >= 0.3 is 6.18 Å². The molecule has 7 nitrogen and oxygen atoms in total. The van der Waals surface area contributed by atoms with Gasteiger partial charge in [-0.15, -0.1) is 5.10 Å². The molecule has 1 N–H and O–H groups in total. The smallest absolute Gasteiger partial charge is 0.262 e. The second kappa shape index (κ2) is 5.20. The number of hydrogen-bond donors (Lipinski definition) is 1. The predicted molar refractivity (Wildman–Crippen MR) is 68.4 cm³/mol. The van der Waals surface area contributed by atoms with Crippen LogP contribution in [0, 0.1) is 0 Å². The van der Waals surface area contributed by atoms with Gasteiger partial charge in [-0.05, 0) is 12.1 Å². The van der Waals surface area contributed by atoms with Crippen LogP contribution in [0.1, 0.15) is 17.1 Å². The summed E-state index contributed by atoms with van der Waals surface area (Å²) in [5.74, 6) is 0.725. The molecule has 3 rings (SSSR count). The first-order chi connectivity index (χ1) is 10.4. The molecule has 0 unspecified atom stereocenters. The van der Waals surface area contributed by atoms with Crippen LogP contribution in [-0.2, 0) is 19.6 Å². The van der Waals surface area contributed by atoms with E-state index in [0.717, 1.165) is 18.3 Å². The summed E-state index contributed by atoms with van der Waals surface area (Å²) in [4.78, 5) is 8.09. The number of aromatic nitrogens is 7. The number of H-pyrrole nitrogens is 1. The molecular formula is C12H10F3N7. The lowest BCUT2D eigenvalue weighted by molar-refractivity contribution is -0.137. The van der Waals surface area contributed by atoms with Gasteiger partial charge in [-0.25, -0.2) is 4.98 Å². The Kier molecular flexibility index (Phi) is 3.35. The van der Waals surface area contributed by atoms with Gasteiger partial charge in [-0.2, -0.15) is 18.3 Å². The van der Waals surface area contributed by atoms with Crippen molar-refractivity contribution in [3.05, 3.63) is 41.6 Å². The van der Waals surface area contributed by atoms with E-state index in [1.165, 1.54) is 4.68 Å². The third-order valence-corrected chi connectivity index (χ3v) is 2.86. The normalized spacial score (nSPS) is 11.8. The van der Waals surface area contributed by atoms with Crippen LogP contribution >= 0.6 is 0 Å². The fourth-order valence-corrected chi connectivity index (χ4v) is 1.86. The van der Waals surface area contributed by atoms with Crippen LogP contribution in [-0.4, -0.2) is 35.2 Å². The Morgan fingerprint density at radius 3 is 2.82 bits per heavy atom. The molecule has 0 fully saturated rings. The summed E-state index contributed by atoms with van der Waals surface area (Å²) >= 11 is 0. The molecule has 22 heavy (non-hydrogen) atoms. The average Bonchev–Trinajstić information content (AvgIpc) is 3.07. The molecule has 0 saturated heterocycles. The summed E-state index contributed by atoms with van der Waals surface area (Å²) in [7, 11) is 1.70. The second-order valence-electron chi connectivity index (χ2n) is 4.59. The summed E-state index contributed by atoms with van der Waals surface area (Å²) in [6.07, 6.45) is -1.53. The minimum atomic E-state index is -4.40. The summed E-state index contributed by atoms with van der Waals surface area (Å²) in [5, 5.41) is 14.2. The zero-order valence-electron chi connectivity index (χ0n) is 11.3. The molecule has 10 heteroatoms. The van der Waals surface area contributed by atoms with E-state index in [-0.39, 0.29) is 12.1 Å². The van der Waals surface area contributed by atoms with Gasteiger partial charge in [0.1, 0.15) is 5.82 Å². The van der Waals surface area contributed by atoms with Crippen LogP contribution in [0.25, 0.3) is 11.5 Å². The highest BCUT2D eigenvalue weighted by atomic mass is 19.4. The SMILES string of the molecule is Cn1cc(-c2n[nH]c(Cc3cc(C(F)(F)F)ccn3)n2)nn1. The monoisotopic (exact) mass is 309 g/mol. The number of aryl methyl sites for hydroxylation is 1. The number of pyridine rings is 1. The Morgan fingerprint density at radius 1 is 1.32 bits per heavy atom. The Balaban J connectivity index is 1.81. The quantitative estimate of drug-likeness (QED) is 0.794. The number of nitrogens with one attached hydrogen (secondary N) is 1. The Bertz CT molecular complexity index is 790. The van der Waals surface area contributed by atoms with Crippen LogP contribution in [0.4, 0.5) is 13.2 Å². The fourth-order valence-electron chi connectivity index (χ4n) is 1.86. The molecule has 0 bridgehead atoms. The van der Waals surface area contributed by atoms with Gasteiger partial charge < -0.3 is 0 Å². The lowest BCUT2D eigenvalue weighted by Crippen LogP contribution is -2.06. The van der Waals surface area contributed by atoms with Gasteiger partial charge in [0, 0.05) is 25.4 Å². The third-order valence-electron chi connectivity index (χ3n) is 2.86. The topological polar surface area (TPSA) is 85.2 Å². The summed E-state index contributed by atoms with van der Waals surface area (Å²) < 4.78 is 39.5. The summed E-state index contributed by atoms with van der Waals surface area (Å²) in [6, 6.07) is 1.92. The molecular weight excluding hydrogens is 299 g/mol. The van der Waals surface area contributed by atoms with E-state index in [4.69, 9.17) is 0 Å². The van der Waals surface area contributed by atoms with Gasteiger partial charge in [0.25, 0.3) is 0 Å². The van der Waals surface area contributed by atoms with Crippen LogP contribution in [0.5, 0.6) is 0 Å². The second-order valence-corrected chi connectivity index (χ2v) is 4.59. The van der Waals surface area contributed by atoms with Crippen LogP contribution < -0.4 is 0 Å². The summed E-state index contributed by atoms with van der Waals surface area (Å²) in [6.45, 7) is 0. The van der Waals surface area contributed by atoms with Crippen molar-refractivity contribution < 1.29 is 13.2 Å². The van der Waals surface area contributed by atoms with Crippen LogP contribution in [0.3, 0.4) is 0 Å². The van der Waals surface area contributed by atoms with E-state index in [2.05, 4.69) is 30.5 Å². The van der Waals surface area contributed by atoms with Gasteiger partial charge in [0.15, 0.2) is 5.69 Å². The fraction of sp³-hybridized carbons (Fsp3) is 0.250. The van der Waals surface area contributed by atoms with Gasteiger partial charge in [0.2, 0.25) is 5.82 Å². The van der Waals surface area contributed by atoms with Crippen molar-refractivity contribution in [2.24, 2.45) is 7.05 Å². The predicted octanol–water partition coefficient (Wildman–Crippen LogP) is 1.60. The molecule has 0 radical (unpaired) electrons. The highest BCUT2D eigenvalue weighted by Gasteiger charge is 2.30. The van der Waals surface area contributed by atoms with E-state index in [9.17, 15) is 13.2 Å². The van der Waals surface area contributed by atoms with E-state index in [1.54, 1.807) is 13.2 Å². The molecule has 3 aromatic rings. The zero-order valence-corrected chi connectivity index (χ0v) is 11.3. The Hall–Kier alpha value is -2.78. The molecule has 0 atom stereocenters. The number of hydrogen-bond acceptors (Lipinski definition) is 5. The van der Waals surface area contributed by atoms with Crippen molar-refractivity contribution in [3.8, 4) is 11.5 Å². The lowest BCUT2D eigenvalue weighted by atomic mass is 10.2. The molecule has 0 saturated carbocycles. The van der Waals surface area contributed by atoms with E-state index >= 15 is 0 Å². The van der Waals surface area contributed by atoms with E-state index in [1.807, 2.05) is 0 Å². The van der Waals surface area contributed by atoms with Crippen molar-refractivity contribution >= 4 is 0 Å².